The van der Waals surface area contributed by atoms with E-state index in [-0.39, 0.29) is 16.7 Å². The van der Waals surface area contributed by atoms with Crippen molar-refractivity contribution in [2.45, 2.75) is 17.6 Å². The number of hydrogen-bond acceptors (Lipinski definition) is 3. The van der Waals surface area contributed by atoms with Gasteiger partial charge >= 0.3 is 0 Å². The van der Waals surface area contributed by atoms with Crippen LogP contribution in [0.2, 0.25) is 5.15 Å². The van der Waals surface area contributed by atoms with Crippen molar-refractivity contribution in [3.05, 3.63) is 52.6 Å². The Balaban J connectivity index is 2.08. The monoisotopic (exact) mass is 286 g/mol. The molecule has 0 atom stereocenters. The van der Waals surface area contributed by atoms with Crippen LogP contribution in [0.15, 0.2) is 29.2 Å². The van der Waals surface area contributed by atoms with Crippen LogP contribution in [0.4, 0.5) is 8.78 Å². The predicted molar refractivity (Wildman–Crippen MR) is 67.7 cm³/mol. The van der Waals surface area contributed by atoms with Gasteiger partial charge in [-0.2, -0.15) is 0 Å². The molecule has 0 radical (unpaired) electrons. The van der Waals surface area contributed by atoms with Crippen LogP contribution in [-0.2, 0) is 5.75 Å². The van der Waals surface area contributed by atoms with E-state index in [0.29, 0.717) is 11.6 Å². The van der Waals surface area contributed by atoms with E-state index in [1.54, 1.807) is 12.1 Å². The van der Waals surface area contributed by atoms with Gasteiger partial charge in [0, 0.05) is 4.90 Å². The van der Waals surface area contributed by atoms with Gasteiger partial charge < -0.3 is 0 Å². The van der Waals surface area contributed by atoms with Crippen molar-refractivity contribution in [3.63, 3.8) is 0 Å². The zero-order valence-corrected chi connectivity index (χ0v) is 11.0. The van der Waals surface area contributed by atoms with E-state index in [1.807, 2.05) is 0 Å². The molecule has 0 aliphatic carbocycles. The van der Waals surface area contributed by atoms with Gasteiger partial charge in [0.2, 0.25) is 0 Å². The molecule has 6 heteroatoms. The molecule has 2 nitrogen and oxygen atoms in total. The Labute approximate surface area is 112 Å². The van der Waals surface area contributed by atoms with Crippen LogP contribution in [0.5, 0.6) is 0 Å². The Hall–Kier alpha value is -1.20. The molecular formula is C12H9ClF2N2S. The highest BCUT2D eigenvalue weighted by atomic mass is 35.5. The Kier molecular flexibility index (Phi) is 4.14. The van der Waals surface area contributed by atoms with Gasteiger partial charge in [0.25, 0.3) is 0 Å². The summed E-state index contributed by atoms with van der Waals surface area (Å²) in [5.41, 5.74) is 0.227. The molecule has 0 fully saturated rings. The van der Waals surface area contributed by atoms with Gasteiger partial charge in [-0.1, -0.05) is 11.6 Å². The number of aromatic nitrogens is 2. The fourth-order valence-electron chi connectivity index (χ4n) is 1.32. The first-order valence-electron chi connectivity index (χ1n) is 5.13. The minimum Gasteiger partial charge on any atom is -0.234 e. The molecule has 18 heavy (non-hydrogen) atoms. The molecule has 0 aliphatic heterocycles. The molecule has 0 amide bonds. The highest BCUT2D eigenvalue weighted by molar-refractivity contribution is 7.98. The van der Waals surface area contributed by atoms with Crippen LogP contribution in [-0.4, -0.2) is 9.97 Å². The summed E-state index contributed by atoms with van der Waals surface area (Å²) in [6.07, 6.45) is 0. The minimum absolute atomic E-state index is 0.169. The summed E-state index contributed by atoms with van der Waals surface area (Å²) in [5, 5.41) is -0.169. The maximum absolute atomic E-state index is 13.2. The largest absolute Gasteiger partial charge is 0.234 e. The molecule has 0 unspecified atom stereocenters. The zero-order chi connectivity index (χ0) is 13.1. The summed E-state index contributed by atoms with van der Waals surface area (Å²) in [7, 11) is 0. The number of benzene rings is 1. The van der Waals surface area contributed by atoms with E-state index >= 15 is 0 Å². The molecule has 0 N–H and O–H groups in total. The molecule has 0 saturated heterocycles. The highest BCUT2D eigenvalue weighted by Gasteiger charge is 2.09. The molecule has 0 aliphatic rings. The lowest BCUT2D eigenvalue weighted by atomic mass is 10.4. The maximum Gasteiger partial charge on any atom is 0.181 e. The van der Waals surface area contributed by atoms with E-state index in [4.69, 9.17) is 11.6 Å². The van der Waals surface area contributed by atoms with Gasteiger partial charge in [-0.25, -0.2) is 18.7 Å². The van der Waals surface area contributed by atoms with E-state index in [1.165, 1.54) is 30.8 Å². The summed E-state index contributed by atoms with van der Waals surface area (Å²) in [6.45, 7) is 1.54. The number of halogens is 3. The van der Waals surface area contributed by atoms with Crippen LogP contribution in [0.1, 0.15) is 11.5 Å². The Morgan fingerprint density at radius 2 is 1.83 bits per heavy atom. The number of rotatable bonds is 3. The lowest BCUT2D eigenvalue weighted by Gasteiger charge is -2.04. The standard InChI is InChI=1S/C12H9ClF2N2S/c1-7-11(15)12(13)17-10(16-7)6-18-9-4-2-8(14)3-5-9/h2-5H,6H2,1H3. The molecule has 1 aromatic carbocycles. The van der Waals surface area contributed by atoms with Crippen molar-refractivity contribution < 1.29 is 8.78 Å². The van der Waals surface area contributed by atoms with Crippen molar-refractivity contribution in [1.29, 1.82) is 0 Å². The van der Waals surface area contributed by atoms with Gasteiger partial charge in [0.05, 0.1) is 11.4 Å². The van der Waals surface area contributed by atoms with Crippen molar-refractivity contribution in [2.75, 3.05) is 0 Å². The Bertz CT molecular complexity index is 537. The average Bonchev–Trinajstić information content (AvgIpc) is 2.35. The van der Waals surface area contributed by atoms with E-state index in [9.17, 15) is 8.78 Å². The van der Waals surface area contributed by atoms with Crippen molar-refractivity contribution in [1.82, 2.24) is 9.97 Å². The molecular weight excluding hydrogens is 278 g/mol. The fourth-order valence-corrected chi connectivity index (χ4v) is 2.31. The zero-order valence-electron chi connectivity index (χ0n) is 9.45. The third-order valence-electron chi connectivity index (χ3n) is 2.20. The summed E-state index contributed by atoms with van der Waals surface area (Å²) >= 11 is 7.07. The van der Waals surface area contributed by atoms with Crippen LogP contribution in [0.3, 0.4) is 0 Å². The molecule has 1 heterocycles. The fraction of sp³-hybridized carbons (Fsp3) is 0.167. The number of nitrogens with zero attached hydrogens (tertiary/aromatic N) is 2. The second-order valence-corrected chi connectivity index (χ2v) is 4.98. The quantitative estimate of drug-likeness (QED) is 0.630. The third-order valence-corrected chi connectivity index (χ3v) is 3.46. The molecule has 0 spiro atoms. The van der Waals surface area contributed by atoms with E-state index in [2.05, 4.69) is 9.97 Å². The predicted octanol–water partition coefficient (Wildman–Crippen LogP) is 4.01. The van der Waals surface area contributed by atoms with E-state index < -0.39 is 5.82 Å². The van der Waals surface area contributed by atoms with Gasteiger partial charge in [0.15, 0.2) is 11.0 Å². The van der Waals surface area contributed by atoms with Gasteiger partial charge in [-0.15, -0.1) is 11.8 Å². The lowest BCUT2D eigenvalue weighted by molar-refractivity contribution is 0.598. The molecule has 2 rings (SSSR count). The van der Waals surface area contributed by atoms with E-state index in [0.717, 1.165) is 4.90 Å². The van der Waals surface area contributed by atoms with Crippen LogP contribution < -0.4 is 0 Å². The van der Waals surface area contributed by atoms with Crippen LogP contribution in [0, 0.1) is 18.6 Å². The lowest BCUT2D eigenvalue weighted by Crippen LogP contribution is -1.99. The molecule has 94 valence electrons. The smallest absolute Gasteiger partial charge is 0.181 e. The highest BCUT2D eigenvalue weighted by Crippen LogP contribution is 2.23. The molecule has 0 bridgehead atoms. The maximum atomic E-state index is 13.2. The first-order valence-corrected chi connectivity index (χ1v) is 6.49. The van der Waals surface area contributed by atoms with Crippen molar-refractivity contribution >= 4 is 23.4 Å². The summed E-state index contributed by atoms with van der Waals surface area (Å²) in [4.78, 5) is 8.74. The number of aryl methyl sites for hydroxylation is 1. The molecule has 1 aromatic heterocycles. The second-order valence-electron chi connectivity index (χ2n) is 3.57. The van der Waals surface area contributed by atoms with Crippen molar-refractivity contribution in [3.8, 4) is 0 Å². The minimum atomic E-state index is -0.591. The number of thioether (sulfide) groups is 1. The first-order chi connectivity index (χ1) is 8.56. The number of hydrogen-bond donors (Lipinski definition) is 0. The van der Waals surface area contributed by atoms with Gasteiger partial charge in [-0.05, 0) is 31.2 Å². The van der Waals surface area contributed by atoms with Crippen LogP contribution >= 0.6 is 23.4 Å². The van der Waals surface area contributed by atoms with Crippen LogP contribution in [0.25, 0.3) is 0 Å². The summed E-state index contributed by atoms with van der Waals surface area (Å²) < 4.78 is 25.9. The Morgan fingerprint density at radius 3 is 2.44 bits per heavy atom. The first kappa shape index (κ1) is 13.2. The summed E-state index contributed by atoms with van der Waals surface area (Å²) in [5.74, 6) is 0.0311. The van der Waals surface area contributed by atoms with Gasteiger partial charge in [0.1, 0.15) is 11.6 Å². The second kappa shape index (κ2) is 5.63. The molecule has 2 aromatic rings. The summed E-state index contributed by atoms with van der Waals surface area (Å²) in [6, 6.07) is 6.09. The third kappa shape index (κ3) is 3.17. The topological polar surface area (TPSA) is 25.8 Å². The normalized spacial score (nSPS) is 10.7. The molecule has 0 saturated carbocycles. The average molecular weight is 287 g/mol. The van der Waals surface area contributed by atoms with Crippen molar-refractivity contribution in [2.24, 2.45) is 0 Å². The van der Waals surface area contributed by atoms with Gasteiger partial charge in [-0.3, -0.25) is 0 Å². The Morgan fingerprint density at radius 1 is 1.17 bits per heavy atom. The SMILES string of the molecule is Cc1nc(CSc2ccc(F)cc2)nc(Cl)c1F.